The molecule has 0 spiro atoms. The summed E-state index contributed by atoms with van der Waals surface area (Å²) in [7, 11) is -2.86. The van der Waals surface area contributed by atoms with Crippen LogP contribution in [-0.2, 0) is 9.84 Å². The molecule has 0 amide bonds. The fourth-order valence-electron chi connectivity index (χ4n) is 1.89. The Balaban J connectivity index is 2.29. The van der Waals surface area contributed by atoms with E-state index in [-0.39, 0.29) is 11.8 Å². The zero-order valence-electron chi connectivity index (χ0n) is 9.41. The van der Waals surface area contributed by atoms with E-state index in [1.54, 1.807) is 0 Å². The van der Waals surface area contributed by atoms with Crippen LogP contribution in [0.4, 0.5) is 0 Å². The summed E-state index contributed by atoms with van der Waals surface area (Å²) in [5.74, 6) is 0.210. The van der Waals surface area contributed by atoms with E-state index in [1.807, 2.05) is 0 Å². The molecule has 0 saturated heterocycles. The summed E-state index contributed by atoms with van der Waals surface area (Å²) in [5.41, 5.74) is 7.33. The number of sulfone groups is 1. The predicted molar refractivity (Wildman–Crippen MR) is 63.5 cm³/mol. The van der Waals surface area contributed by atoms with Crippen molar-refractivity contribution in [2.75, 3.05) is 12.0 Å². The zero-order valence-corrected chi connectivity index (χ0v) is 10.2. The number of rotatable bonds is 5. The molecule has 1 unspecified atom stereocenters. The average Bonchev–Trinajstić information content (AvgIpc) is 2.15. The van der Waals surface area contributed by atoms with Gasteiger partial charge in [0.05, 0.1) is 5.75 Å². The van der Waals surface area contributed by atoms with Crippen LogP contribution in [0.1, 0.15) is 38.5 Å². The van der Waals surface area contributed by atoms with E-state index in [9.17, 15) is 8.42 Å². The monoisotopic (exact) mass is 231 g/mol. The summed E-state index contributed by atoms with van der Waals surface area (Å²) in [6.07, 6.45) is 9.82. The molecule has 0 fully saturated rings. The Kier molecular flexibility index (Phi) is 4.80. The Morgan fingerprint density at radius 1 is 1.47 bits per heavy atom. The smallest absolute Gasteiger partial charge is 0.147 e. The Morgan fingerprint density at radius 3 is 2.73 bits per heavy atom. The minimum Gasteiger partial charge on any atom is -0.327 e. The quantitative estimate of drug-likeness (QED) is 0.732. The highest BCUT2D eigenvalue weighted by Gasteiger charge is 2.11. The average molecular weight is 231 g/mol. The van der Waals surface area contributed by atoms with E-state index in [1.165, 1.54) is 24.7 Å². The fraction of sp³-hybridized carbons (Fsp3) is 0.818. The highest BCUT2D eigenvalue weighted by atomic mass is 32.2. The van der Waals surface area contributed by atoms with Gasteiger partial charge in [-0.05, 0) is 38.5 Å². The van der Waals surface area contributed by atoms with Crippen molar-refractivity contribution in [3.8, 4) is 0 Å². The van der Waals surface area contributed by atoms with Crippen molar-refractivity contribution in [1.82, 2.24) is 0 Å². The highest BCUT2D eigenvalue weighted by molar-refractivity contribution is 7.90. The first-order valence-electron chi connectivity index (χ1n) is 5.58. The lowest BCUT2D eigenvalue weighted by Gasteiger charge is -2.16. The summed E-state index contributed by atoms with van der Waals surface area (Å²) in [5, 5.41) is 0. The van der Waals surface area contributed by atoms with Crippen LogP contribution in [0.5, 0.6) is 0 Å². The molecule has 1 atom stereocenters. The van der Waals surface area contributed by atoms with Gasteiger partial charge in [-0.3, -0.25) is 0 Å². The van der Waals surface area contributed by atoms with Crippen molar-refractivity contribution in [2.45, 2.75) is 44.6 Å². The SMILES string of the molecule is CS(=O)(=O)CCC(N)CC1=CCCCC1. The van der Waals surface area contributed by atoms with Crippen molar-refractivity contribution >= 4 is 9.84 Å². The molecule has 0 aliphatic heterocycles. The standard InChI is InChI=1S/C11H21NO2S/c1-15(13,14)8-7-11(12)9-10-5-3-2-4-6-10/h5,11H,2-4,6-9,12H2,1H3. The Hall–Kier alpha value is -0.350. The Bertz CT molecular complexity index is 319. The second-order valence-electron chi connectivity index (χ2n) is 4.49. The minimum absolute atomic E-state index is 0.00377. The van der Waals surface area contributed by atoms with Gasteiger partial charge >= 0.3 is 0 Å². The lowest BCUT2D eigenvalue weighted by atomic mass is 9.94. The van der Waals surface area contributed by atoms with Crippen molar-refractivity contribution in [3.05, 3.63) is 11.6 Å². The van der Waals surface area contributed by atoms with Gasteiger partial charge in [0.1, 0.15) is 9.84 Å². The first-order chi connectivity index (χ1) is 6.97. The van der Waals surface area contributed by atoms with E-state index < -0.39 is 9.84 Å². The molecule has 0 aromatic rings. The molecule has 1 aliphatic rings. The van der Waals surface area contributed by atoms with E-state index in [0.29, 0.717) is 6.42 Å². The third-order valence-electron chi connectivity index (χ3n) is 2.77. The summed E-state index contributed by atoms with van der Waals surface area (Å²) in [6.45, 7) is 0. The molecule has 1 rings (SSSR count). The van der Waals surface area contributed by atoms with Gasteiger partial charge in [0.15, 0.2) is 0 Å². The molecule has 1 aliphatic carbocycles. The van der Waals surface area contributed by atoms with Crippen LogP contribution in [0.25, 0.3) is 0 Å². The van der Waals surface area contributed by atoms with Crippen molar-refractivity contribution in [3.63, 3.8) is 0 Å². The third-order valence-corrected chi connectivity index (χ3v) is 3.75. The zero-order chi connectivity index (χ0) is 11.3. The molecule has 0 heterocycles. The second kappa shape index (κ2) is 5.66. The molecule has 0 radical (unpaired) electrons. The van der Waals surface area contributed by atoms with Crippen molar-refractivity contribution < 1.29 is 8.42 Å². The van der Waals surface area contributed by atoms with Crippen LogP contribution in [0.3, 0.4) is 0 Å². The van der Waals surface area contributed by atoms with Crippen LogP contribution in [0.2, 0.25) is 0 Å². The molecule has 0 aromatic heterocycles. The first-order valence-corrected chi connectivity index (χ1v) is 7.64. The maximum atomic E-state index is 11.0. The molecule has 0 aromatic carbocycles. The minimum atomic E-state index is -2.86. The second-order valence-corrected chi connectivity index (χ2v) is 6.75. The van der Waals surface area contributed by atoms with Crippen molar-refractivity contribution in [1.29, 1.82) is 0 Å². The maximum Gasteiger partial charge on any atom is 0.147 e. The Labute approximate surface area is 92.7 Å². The number of nitrogens with two attached hydrogens (primary N) is 1. The molecule has 4 heteroatoms. The van der Waals surface area contributed by atoms with E-state index in [2.05, 4.69) is 6.08 Å². The number of allylic oxidation sites excluding steroid dienone is 1. The summed E-state index contributed by atoms with van der Waals surface area (Å²) >= 11 is 0. The normalized spacial score (nSPS) is 19.7. The summed E-state index contributed by atoms with van der Waals surface area (Å²) < 4.78 is 21.9. The molecule has 2 N–H and O–H groups in total. The van der Waals surface area contributed by atoms with Crippen LogP contribution in [-0.4, -0.2) is 26.5 Å². The molecule has 0 bridgehead atoms. The molecule has 0 saturated carbocycles. The van der Waals surface area contributed by atoms with E-state index in [0.717, 1.165) is 19.3 Å². The summed E-state index contributed by atoms with van der Waals surface area (Å²) in [6, 6.07) is 0.00377. The van der Waals surface area contributed by atoms with Gasteiger partial charge in [0.25, 0.3) is 0 Å². The molecular formula is C11H21NO2S. The van der Waals surface area contributed by atoms with Crippen LogP contribution in [0, 0.1) is 0 Å². The Morgan fingerprint density at radius 2 is 2.20 bits per heavy atom. The van der Waals surface area contributed by atoms with Crippen LogP contribution in [0.15, 0.2) is 11.6 Å². The third kappa shape index (κ3) is 5.95. The van der Waals surface area contributed by atoms with E-state index in [4.69, 9.17) is 5.73 Å². The molecule has 88 valence electrons. The van der Waals surface area contributed by atoms with Crippen LogP contribution < -0.4 is 5.73 Å². The van der Waals surface area contributed by atoms with Crippen LogP contribution >= 0.6 is 0 Å². The van der Waals surface area contributed by atoms with Gasteiger partial charge in [-0.25, -0.2) is 8.42 Å². The van der Waals surface area contributed by atoms with E-state index >= 15 is 0 Å². The lowest BCUT2D eigenvalue weighted by molar-refractivity contribution is 0.574. The molecule has 3 nitrogen and oxygen atoms in total. The largest absolute Gasteiger partial charge is 0.327 e. The van der Waals surface area contributed by atoms with Gasteiger partial charge in [-0.2, -0.15) is 0 Å². The summed E-state index contributed by atoms with van der Waals surface area (Å²) in [4.78, 5) is 0. The predicted octanol–water partition coefficient (Wildman–Crippen LogP) is 1.64. The number of hydrogen-bond acceptors (Lipinski definition) is 3. The number of hydrogen-bond donors (Lipinski definition) is 1. The van der Waals surface area contributed by atoms with Crippen molar-refractivity contribution in [2.24, 2.45) is 5.73 Å². The maximum absolute atomic E-state index is 11.0. The lowest BCUT2D eigenvalue weighted by Crippen LogP contribution is -2.24. The van der Waals surface area contributed by atoms with Gasteiger partial charge < -0.3 is 5.73 Å². The van der Waals surface area contributed by atoms with Gasteiger partial charge in [-0.1, -0.05) is 11.6 Å². The molecular weight excluding hydrogens is 210 g/mol. The molecule has 15 heavy (non-hydrogen) atoms. The van der Waals surface area contributed by atoms with Gasteiger partial charge in [0, 0.05) is 12.3 Å². The topological polar surface area (TPSA) is 60.2 Å². The van der Waals surface area contributed by atoms with Gasteiger partial charge in [-0.15, -0.1) is 0 Å². The fourth-order valence-corrected chi connectivity index (χ4v) is 2.63. The van der Waals surface area contributed by atoms with Gasteiger partial charge in [0.2, 0.25) is 0 Å². The first kappa shape index (κ1) is 12.7. The highest BCUT2D eigenvalue weighted by Crippen LogP contribution is 2.21.